The minimum atomic E-state index is -1.06. The average molecular weight is 397 g/mol. The molecule has 3 rings (SSSR count). The number of nitrogens with zero attached hydrogens (tertiary/aromatic N) is 2. The Morgan fingerprint density at radius 3 is 2.62 bits per heavy atom. The van der Waals surface area contributed by atoms with Gasteiger partial charge >= 0.3 is 5.97 Å². The van der Waals surface area contributed by atoms with E-state index in [1.807, 2.05) is 30.3 Å². The number of carboxylic acids is 1. The van der Waals surface area contributed by atoms with Crippen LogP contribution >= 0.6 is 0 Å². The van der Waals surface area contributed by atoms with Gasteiger partial charge in [-0.05, 0) is 11.6 Å². The minimum absolute atomic E-state index is 0.00664. The summed E-state index contributed by atoms with van der Waals surface area (Å²) < 4.78 is 6.55. The van der Waals surface area contributed by atoms with Crippen LogP contribution in [0.4, 0.5) is 0 Å². The van der Waals surface area contributed by atoms with Gasteiger partial charge in [-0.1, -0.05) is 30.3 Å². The number of amides is 1. The quantitative estimate of drug-likeness (QED) is 0.549. The lowest BCUT2D eigenvalue weighted by Crippen LogP contribution is -2.27. The Kier molecular flexibility index (Phi) is 5.77. The number of hydrogen-bond donors (Lipinski definition) is 3. The smallest absolute Gasteiger partial charge is 0.305 e. The van der Waals surface area contributed by atoms with Crippen LogP contribution in [0, 0.1) is 0 Å². The van der Waals surface area contributed by atoms with E-state index in [1.54, 1.807) is 0 Å². The second-order valence-electron chi connectivity index (χ2n) is 6.24. The molecule has 0 aliphatic carbocycles. The zero-order valence-electron chi connectivity index (χ0n) is 15.6. The third-order valence-electron chi connectivity index (χ3n) is 4.34. The first-order valence-corrected chi connectivity index (χ1v) is 8.75. The van der Waals surface area contributed by atoms with Crippen LogP contribution < -0.4 is 15.6 Å². The molecule has 0 radical (unpaired) electrons. The molecule has 0 unspecified atom stereocenters. The number of benzene rings is 1. The first-order valence-electron chi connectivity index (χ1n) is 8.75. The predicted molar refractivity (Wildman–Crippen MR) is 104 cm³/mol. The first-order chi connectivity index (χ1) is 13.9. The number of methoxy groups -OCH3 is 1. The van der Waals surface area contributed by atoms with E-state index in [1.165, 1.54) is 23.9 Å². The van der Waals surface area contributed by atoms with Crippen molar-refractivity contribution in [3.8, 4) is 11.5 Å². The van der Waals surface area contributed by atoms with Crippen molar-refractivity contribution in [2.75, 3.05) is 13.7 Å². The molecule has 0 spiro atoms. The predicted octanol–water partition coefficient (Wildman–Crippen LogP) is 1.36. The largest absolute Gasteiger partial charge is 0.505 e. The zero-order valence-corrected chi connectivity index (χ0v) is 15.6. The third-order valence-corrected chi connectivity index (χ3v) is 4.34. The second-order valence-corrected chi connectivity index (χ2v) is 6.24. The van der Waals surface area contributed by atoms with Crippen molar-refractivity contribution in [3.05, 3.63) is 64.2 Å². The maximum Gasteiger partial charge on any atom is 0.305 e. The van der Waals surface area contributed by atoms with Crippen molar-refractivity contribution in [3.63, 3.8) is 0 Å². The van der Waals surface area contributed by atoms with Crippen LogP contribution in [0.25, 0.3) is 10.9 Å². The van der Waals surface area contributed by atoms with E-state index in [4.69, 9.17) is 9.84 Å². The topological polar surface area (TPSA) is 131 Å². The minimum Gasteiger partial charge on any atom is -0.505 e. The molecule has 1 aromatic carbocycles. The Hall–Kier alpha value is -3.88. The molecule has 29 heavy (non-hydrogen) atoms. The Labute approximate surface area is 165 Å². The first kappa shape index (κ1) is 19.9. The summed E-state index contributed by atoms with van der Waals surface area (Å²) in [6, 6.07) is 10.6. The molecule has 9 nitrogen and oxygen atoms in total. The van der Waals surface area contributed by atoms with Crippen LogP contribution in [-0.4, -0.2) is 45.3 Å². The fourth-order valence-corrected chi connectivity index (χ4v) is 2.90. The number of carbonyl (C=O) groups excluding carboxylic acids is 1. The molecule has 0 saturated carbocycles. The van der Waals surface area contributed by atoms with Crippen molar-refractivity contribution in [2.24, 2.45) is 0 Å². The van der Waals surface area contributed by atoms with Gasteiger partial charge in [-0.15, -0.1) is 0 Å². The van der Waals surface area contributed by atoms with Gasteiger partial charge in [0.05, 0.1) is 31.8 Å². The summed E-state index contributed by atoms with van der Waals surface area (Å²) in [5, 5.41) is 21.9. The Balaban J connectivity index is 2.07. The monoisotopic (exact) mass is 397 g/mol. The van der Waals surface area contributed by atoms with E-state index >= 15 is 0 Å². The Morgan fingerprint density at radius 1 is 1.24 bits per heavy atom. The summed E-state index contributed by atoms with van der Waals surface area (Å²) in [4.78, 5) is 39.6. The number of aliphatic carboxylic acids is 1. The number of carboxylic acid groups (broad SMARTS) is 1. The molecule has 0 atom stereocenters. The lowest BCUT2D eigenvalue weighted by Gasteiger charge is -2.14. The van der Waals surface area contributed by atoms with E-state index in [2.05, 4.69) is 10.3 Å². The standard InChI is InChI=1S/C20H19N3O6/c1-29-15-9-13-14(23(20(15)28)11-12-5-3-2-4-6-12)10-22-17(18(13)26)19(27)21-8-7-16(24)25/h2-6,9-10,26H,7-8,11H2,1H3,(H,21,27)(H,24,25). The molecular formula is C20H19N3O6. The van der Waals surface area contributed by atoms with E-state index in [0.29, 0.717) is 5.52 Å². The number of hydrogen-bond acceptors (Lipinski definition) is 6. The van der Waals surface area contributed by atoms with Crippen molar-refractivity contribution < 1.29 is 24.5 Å². The Morgan fingerprint density at radius 2 is 1.97 bits per heavy atom. The molecule has 2 heterocycles. The normalized spacial score (nSPS) is 10.7. The molecule has 1 amide bonds. The summed E-state index contributed by atoms with van der Waals surface area (Å²) in [5.74, 6) is -2.19. The van der Waals surface area contributed by atoms with Gasteiger partial charge in [0.1, 0.15) is 0 Å². The van der Waals surface area contributed by atoms with Gasteiger partial charge in [-0.2, -0.15) is 0 Å². The molecule has 0 aliphatic heterocycles. The van der Waals surface area contributed by atoms with Gasteiger partial charge in [-0.3, -0.25) is 19.0 Å². The maximum atomic E-state index is 12.7. The zero-order chi connectivity index (χ0) is 21.0. The van der Waals surface area contributed by atoms with Crippen LogP contribution in [0.3, 0.4) is 0 Å². The fraction of sp³-hybridized carbons (Fsp3) is 0.200. The number of nitrogens with one attached hydrogen (secondary N) is 1. The number of aromatic nitrogens is 2. The summed E-state index contributed by atoms with van der Waals surface area (Å²) >= 11 is 0. The van der Waals surface area contributed by atoms with Crippen molar-refractivity contribution in [1.29, 1.82) is 0 Å². The number of fused-ring (bicyclic) bond motifs is 1. The van der Waals surface area contributed by atoms with E-state index in [-0.39, 0.29) is 36.3 Å². The highest BCUT2D eigenvalue weighted by Crippen LogP contribution is 2.29. The van der Waals surface area contributed by atoms with Crippen LogP contribution in [0.2, 0.25) is 0 Å². The molecule has 3 aromatic rings. The highest BCUT2D eigenvalue weighted by Gasteiger charge is 2.20. The van der Waals surface area contributed by atoms with Crippen LogP contribution in [0.1, 0.15) is 22.5 Å². The molecule has 2 aromatic heterocycles. The summed E-state index contributed by atoms with van der Waals surface area (Å²) in [7, 11) is 1.34. The SMILES string of the molecule is COc1cc2c(O)c(C(=O)NCCC(=O)O)ncc2n(Cc2ccccc2)c1=O. The maximum absolute atomic E-state index is 12.7. The van der Waals surface area contributed by atoms with Crippen LogP contribution in [0.5, 0.6) is 11.5 Å². The van der Waals surface area contributed by atoms with Crippen molar-refractivity contribution in [2.45, 2.75) is 13.0 Å². The highest BCUT2D eigenvalue weighted by molar-refractivity contribution is 6.01. The van der Waals surface area contributed by atoms with Crippen LogP contribution in [0.15, 0.2) is 47.4 Å². The molecular weight excluding hydrogens is 378 g/mol. The summed E-state index contributed by atoms with van der Waals surface area (Å²) in [6.07, 6.45) is 1.06. The summed E-state index contributed by atoms with van der Waals surface area (Å²) in [5.41, 5.74) is 0.525. The Bertz CT molecular complexity index is 1120. The molecule has 9 heteroatoms. The van der Waals surface area contributed by atoms with Gasteiger partial charge in [0.25, 0.3) is 11.5 Å². The molecule has 0 saturated heterocycles. The van der Waals surface area contributed by atoms with Gasteiger partial charge in [0.2, 0.25) is 0 Å². The van der Waals surface area contributed by atoms with Crippen LogP contribution in [-0.2, 0) is 11.3 Å². The number of ether oxygens (including phenoxy) is 1. The number of carbonyl (C=O) groups is 2. The van der Waals surface area contributed by atoms with Crippen molar-refractivity contribution in [1.82, 2.24) is 14.9 Å². The van der Waals surface area contributed by atoms with Crippen molar-refractivity contribution >= 4 is 22.8 Å². The number of pyridine rings is 2. The van der Waals surface area contributed by atoms with E-state index < -0.39 is 23.2 Å². The fourth-order valence-electron chi connectivity index (χ4n) is 2.90. The lowest BCUT2D eigenvalue weighted by atomic mass is 10.1. The number of rotatable bonds is 7. The van der Waals surface area contributed by atoms with Gasteiger partial charge < -0.3 is 20.3 Å². The third kappa shape index (κ3) is 4.18. The van der Waals surface area contributed by atoms with E-state index in [0.717, 1.165) is 5.56 Å². The van der Waals surface area contributed by atoms with Gasteiger partial charge in [0.15, 0.2) is 17.2 Å². The number of aromatic hydroxyl groups is 1. The molecule has 0 fully saturated rings. The molecule has 150 valence electrons. The lowest BCUT2D eigenvalue weighted by molar-refractivity contribution is -0.136. The summed E-state index contributed by atoms with van der Waals surface area (Å²) in [6.45, 7) is 0.114. The van der Waals surface area contributed by atoms with E-state index in [9.17, 15) is 19.5 Å². The average Bonchev–Trinajstić information content (AvgIpc) is 2.70. The second kappa shape index (κ2) is 8.42. The molecule has 0 aliphatic rings. The highest BCUT2D eigenvalue weighted by atomic mass is 16.5. The molecule has 3 N–H and O–H groups in total. The molecule has 0 bridgehead atoms. The van der Waals surface area contributed by atoms with Gasteiger partial charge in [-0.25, -0.2) is 4.98 Å². The van der Waals surface area contributed by atoms with Gasteiger partial charge in [0, 0.05) is 11.9 Å².